The predicted molar refractivity (Wildman–Crippen MR) is 96.9 cm³/mol. The summed E-state index contributed by atoms with van der Waals surface area (Å²) in [5, 5.41) is 16.0. The third kappa shape index (κ3) is 8.43. The van der Waals surface area contributed by atoms with E-state index in [0.717, 1.165) is 24.3 Å². The van der Waals surface area contributed by atoms with Crippen LogP contribution >= 0.6 is 23.2 Å². The van der Waals surface area contributed by atoms with E-state index in [0.29, 0.717) is 16.7 Å². The van der Waals surface area contributed by atoms with Crippen molar-refractivity contribution in [3.05, 3.63) is 27.7 Å². The molecule has 0 bridgehead atoms. The number of aliphatic carboxylic acids is 2. The number of hydrogen-bond donors (Lipinski definition) is 2. The molecular weight excluding hydrogens is 369 g/mol. The molecule has 0 spiro atoms. The van der Waals surface area contributed by atoms with Crippen molar-refractivity contribution in [3.8, 4) is 5.75 Å². The summed E-state index contributed by atoms with van der Waals surface area (Å²) in [6, 6.07) is 3.61. The van der Waals surface area contributed by atoms with Gasteiger partial charge in [-0.1, -0.05) is 29.6 Å². The summed E-state index contributed by atoms with van der Waals surface area (Å²) < 4.78 is 5.80. The minimum absolute atomic E-state index is 0.600. The summed E-state index contributed by atoms with van der Waals surface area (Å²) in [5.41, 5.74) is 0.996. The van der Waals surface area contributed by atoms with E-state index >= 15 is 0 Å². The minimum atomic E-state index is -1.82. The number of carbonyl (C=O) groups is 2. The molecular formula is C17H23Cl2NO5. The molecule has 0 saturated carbocycles. The molecule has 8 heteroatoms. The molecule has 1 heterocycles. The summed E-state index contributed by atoms with van der Waals surface area (Å²) in [5.74, 6) is -2.88. The zero-order chi connectivity index (χ0) is 18.8. The molecule has 1 aliphatic rings. The van der Waals surface area contributed by atoms with Crippen LogP contribution in [0.4, 0.5) is 0 Å². The lowest BCUT2D eigenvalue weighted by Crippen LogP contribution is -2.31. The zero-order valence-electron chi connectivity index (χ0n) is 14.1. The number of halogens is 2. The van der Waals surface area contributed by atoms with Crippen molar-refractivity contribution >= 4 is 35.1 Å². The van der Waals surface area contributed by atoms with Crippen molar-refractivity contribution < 1.29 is 24.5 Å². The summed E-state index contributed by atoms with van der Waals surface area (Å²) in [6.07, 6.45) is 5.09. The van der Waals surface area contributed by atoms with Crippen LogP contribution in [-0.2, 0) is 9.59 Å². The number of benzene rings is 1. The molecule has 1 aromatic rings. The number of nitrogens with zero attached hydrogens (tertiary/aromatic N) is 1. The highest BCUT2D eigenvalue weighted by Crippen LogP contribution is 2.31. The predicted octanol–water partition coefficient (Wildman–Crippen LogP) is 3.71. The number of hydrogen-bond acceptors (Lipinski definition) is 4. The van der Waals surface area contributed by atoms with E-state index in [9.17, 15) is 0 Å². The van der Waals surface area contributed by atoms with Crippen molar-refractivity contribution in [3.63, 3.8) is 0 Å². The van der Waals surface area contributed by atoms with Crippen LogP contribution in [0.25, 0.3) is 0 Å². The van der Waals surface area contributed by atoms with Gasteiger partial charge < -0.3 is 19.8 Å². The number of ether oxygens (including phenoxy) is 1. The van der Waals surface area contributed by atoms with E-state index in [2.05, 4.69) is 4.90 Å². The number of aryl methyl sites for hydroxylation is 1. The molecule has 25 heavy (non-hydrogen) atoms. The molecule has 1 saturated heterocycles. The Balaban J connectivity index is 0.000000450. The molecule has 1 aliphatic heterocycles. The molecule has 1 aromatic carbocycles. The largest absolute Gasteiger partial charge is 0.492 e. The normalized spacial score (nSPS) is 14.4. The minimum Gasteiger partial charge on any atom is -0.492 e. The van der Waals surface area contributed by atoms with Gasteiger partial charge in [0, 0.05) is 11.6 Å². The SMILES string of the molecule is Cc1cc(Cl)cc(Cl)c1OCCCN1CCCCC1.O=C(O)C(=O)O. The monoisotopic (exact) mass is 391 g/mol. The van der Waals surface area contributed by atoms with Crippen LogP contribution < -0.4 is 4.74 Å². The molecule has 140 valence electrons. The van der Waals surface area contributed by atoms with E-state index < -0.39 is 11.9 Å². The van der Waals surface area contributed by atoms with Gasteiger partial charge in [-0.05, 0) is 57.0 Å². The molecule has 0 aliphatic carbocycles. The van der Waals surface area contributed by atoms with Gasteiger partial charge in [0.15, 0.2) is 0 Å². The fraction of sp³-hybridized carbons (Fsp3) is 0.529. The van der Waals surface area contributed by atoms with Crippen LogP contribution in [0.15, 0.2) is 12.1 Å². The van der Waals surface area contributed by atoms with Crippen molar-refractivity contribution in [1.82, 2.24) is 4.90 Å². The van der Waals surface area contributed by atoms with Gasteiger partial charge in [0.05, 0.1) is 11.6 Å². The first-order chi connectivity index (χ1) is 11.8. The molecule has 2 rings (SSSR count). The summed E-state index contributed by atoms with van der Waals surface area (Å²) in [6.45, 7) is 6.27. The highest BCUT2D eigenvalue weighted by atomic mass is 35.5. The van der Waals surface area contributed by atoms with E-state index in [1.54, 1.807) is 6.07 Å². The van der Waals surface area contributed by atoms with E-state index in [4.69, 9.17) is 47.7 Å². The van der Waals surface area contributed by atoms with Crippen molar-refractivity contribution in [2.75, 3.05) is 26.2 Å². The molecule has 0 unspecified atom stereocenters. The van der Waals surface area contributed by atoms with Crippen LogP contribution in [0.3, 0.4) is 0 Å². The van der Waals surface area contributed by atoms with Gasteiger partial charge in [-0.25, -0.2) is 9.59 Å². The van der Waals surface area contributed by atoms with Gasteiger partial charge in [-0.2, -0.15) is 0 Å². The highest BCUT2D eigenvalue weighted by molar-refractivity contribution is 6.35. The molecule has 0 atom stereocenters. The quantitative estimate of drug-likeness (QED) is 0.587. The zero-order valence-corrected chi connectivity index (χ0v) is 15.6. The second-order valence-electron chi connectivity index (χ2n) is 5.75. The van der Waals surface area contributed by atoms with Gasteiger partial charge >= 0.3 is 11.9 Å². The maximum Gasteiger partial charge on any atom is 0.414 e. The van der Waals surface area contributed by atoms with Crippen LogP contribution in [0.2, 0.25) is 10.0 Å². The molecule has 2 N–H and O–H groups in total. The topological polar surface area (TPSA) is 87.1 Å². The van der Waals surface area contributed by atoms with Crippen molar-refractivity contribution in [2.45, 2.75) is 32.6 Å². The Morgan fingerprint density at radius 2 is 1.72 bits per heavy atom. The Morgan fingerprint density at radius 1 is 1.12 bits per heavy atom. The number of likely N-dealkylation sites (tertiary alicyclic amines) is 1. The summed E-state index contributed by atoms with van der Waals surface area (Å²) >= 11 is 12.1. The Morgan fingerprint density at radius 3 is 2.24 bits per heavy atom. The number of carboxylic acids is 2. The maximum atomic E-state index is 9.10. The number of piperidine rings is 1. The average molecular weight is 392 g/mol. The first-order valence-corrected chi connectivity index (χ1v) is 8.84. The van der Waals surface area contributed by atoms with E-state index in [1.807, 2.05) is 13.0 Å². The summed E-state index contributed by atoms with van der Waals surface area (Å²) in [7, 11) is 0. The van der Waals surface area contributed by atoms with Crippen molar-refractivity contribution in [2.24, 2.45) is 0 Å². The van der Waals surface area contributed by atoms with E-state index in [-0.39, 0.29) is 0 Å². The third-order valence-electron chi connectivity index (χ3n) is 3.69. The molecule has 0 radical (unpaired) electrons. The lowest BCUT2D eigenvalue weighted by Gasteiger charge is -2.26. The van der Waals surface area contributed by atoms with Gasteiger partial charge in [0.25, 0.3) is 0 Å². The lowest BCUT2D eigenvalue weighted by atomic mass is 10.1. The average Bonchev–Trinajstić information content (AvgIpc) is 2.54. The summed E-state index contributed by atoms with van der Waals surface area (Å²) in [4.78, 5) is 20.7. The number of rotatable bonds is 5. The van der Waals surface area contributed by atoms with Crippen LogP contribution in [0, 0.1) is 6.92 Å². The molecule has 0 aromatic heterocycles. The fourth-order valence-corrected chi connectivity index (χ4v) is 3.17. The Labute approximate surface area is 157 Å². The van der Waals surface area contributed by atoms with Gasteiger partial charge in [-0.3, -0.25) is 0 Å². The van der Waals surface area contributed by atoms with Gasteiger partial charge in [-0.15, -0.1) is 0 Å². The first-order valence-electron chi connectivity index (χ1n) is 8.08. The molecule has 1 fully saturated rings. The lowest BCUT2D eigenvalue weighted by molar-refractivity contribution is -0.159. The van der Waals surface area contributed by atoms with Gasteiger partial charge in [0.1, 0.15) is 5.75 Å². The fourth-order valence-electron chi connectivity index (χ4n) is 2.52. The Bertz CT molecular complexity index is 553. The highest BCUT2D eigenvalue weighted by Gasteiger charge is 2.10. The molecule has 6 nitrogen and oxygen atoms in total. The van der Waals surface area contributed by atoms with Crippen LogP contribution in [0.1, 0.15) is 31.2 Å². The smallest absolute Gasteiger partial charge is 0.414 e. The van der Waals surface area contributed by atoms with Crippen LogP contribution in [0.5, 0.6) is 5.75 Å². The Hall–Kier alpha value is -1.50. The second-order valence-corrected chi connectivity index (χ2v) is 6.59. The van der Waals surface area contributed by atoms with Crippen molar-refractivity contribution in [1.29, 1.82) is 0 Å². The van der Waals surface area contributed by atoms with Gasteiger partial charge in [0.2, 0.25) is 0 Å². The standard InChI is InChI=1S/C15H21Cl2NO.C2H2O4/c1-12-10-13(16)11-14(17)15(12)19-9-5-8-18-6-3-2-4-7-18;3-1(4)2(5)6/h10-11H,2-9H2,1H3;(H,3,4)(H,5,6). The first kappa shape index (κ1) is 21.5. The Kier molecular flexibility index (Phi) is 9.63. The van der Waals surface area contributed by atoms with Crippen LogP contribution in [-0.4, -0.2) is 53.3 Å². The third-order valence-corrected chi connectivity index (χ3v) is 4.19. The number of carboxylic acid groups (broad SMARTS) is 2. The second kappa shape index (κ2) is 11.2. The maximum absolute atomic E-state index is 9.10. The van der Waals surface area contributed by atoms with E-state index in [1.165, 1.54) is 32.4 Å². The molecule has 0 amide bonds.